The topological polar surface area (TPSA) is 38.4 Å². The van der Waals surface area contributed by atoms with E-state index in [1.807, 2.05) is 0 Å². The van der Waals surface area contributed by atoms with Gasteiger partial charge in [-0.2, -0.15) is 0 Å². The van der Waals surface area contributed by atoms with Crippen molar-refractivity contribution in [3.63, 3.8) is 0 Å². The summed E-state index contributed by atoms with van der Waals surface area (Å²) in [5, 5.41) is 0. The Morgan fingerprint density at radius 3 is 1.80 bits per heavy atom. The first-order valence-corrected chi connectivity index (χ1v) is 6.52. The molecule has 0 aliphatic heterocycles. The Morgan fingerprint density at radius 1 is 0.867 bits per heavy atom. The minimum Gasteiger partial charge on any atom is -0.387 e. The predicted octanol–water partition coefficient (Wildman–Crippen LogP) is 3.89. The summed E-state index contributed by atoms with van der Waals surface area (Å²) in [5.74, 6) is 0.804. The molecule has 0 aromatic rings. The smallest absolute Gasteiger partial charge is 0.0933 e. The zero-order chi connectivity index (χ0) is 11.4. The van der Waals surface area contributed by atoms with Gasteiger partial charge in [0.2, 0.25) is 0 Å². The van der Waals surface area contributed by atoms with E-state index in [0.717, 1.165) is 12.3 Å². The van der Waals surface area contributed by atoms with Crippen molar-refractivity contribution in [1.29, 1.82) is 0 Å². The van der Waals surface area contributed by atoms with Crippen LogP contribution in [-0.4, -0.2) is 12.9 Å². The molecule has 0 radical (unpaired) electrons. The third-order valence-electron chi connectivity index (χ3n) is 2.82. The second kappa shape index (κ2) is 11.5. The van der Waals surface area contributed by atoms with Crippen LogP contribution < -0.4 is 5.73 Å². The Labute approximate surface area is 95.4 Å². The summed E-state index contributed by atoms with van der Waals surface area (Å²) in [6.45, 7) is 2.26. The van der Waals surface area contributed by atoms with Crippen LogP contribution in [0.2, 0.25) is 0 Å². The van der Waals surface area contributed by atoms with Crippen LogP contribution in [0.5, 0.6) is 0 Å². The molecular formula is C13H28N2. The molecule has 2 N–H and O–H groups in total. The second-order valence-corrected chi connectivity index (χ2v) is 4.29. The summed E-state index contributed by atoms with van der Waals surface area (Å²) >= 11 is 0. The van der Waals surface area contributed by atoms with Crippen molar-refractivity contribution < 1.29 is 0 Å². The first kappa shape index (κ1) is 14.5. The lowest BCUT2D eigenvalue weighted by molar-refractivity contribution is 0.568. The van der Waals surface area contributed by atoms with Gasteiger partial charge in [0.15, 0.2) is 0 Å². The van der Waals surface area contributed by atoms with Gasteiger partial charge < -0.3 is 5.73 Å². The lowest BCUT2D eigenvalue weighted by Crippen LogP contribution is -2.10. The molecule has 0 aromatic carbocycles. The van der Waals surface area contributed by atoms with E-state index in [0.29, 0.717) is 0 Å². The zero-order valence-corrected chi connectivity index (χ0v) is 10.6. The van der Waals surface area contributed by atoms with Gasteiger partial charge in [-0.05, 0) is 6.42 Å². The van der Waals surface area contributed by atoms with Crippen molar-refractivity contribution in [2.24, 2.45) is 10.7 Å². The maximum atomic E-state index is 5.62. The largest absolute Gasteiger partial charge is 0.387 e. The number of nitrogens with zero attached hydrogens (tertiary/aromatic N) is 1. The monoisotopic (exact) mass is 212 g/mol. The molecule has 2 nitrogen and oxygen atoms in total. The third-order valence-corrected chi connectivity index (χ3v) is 2.82. The molecule has 2 heteroatoms. The average molecular weight is 212 g/mol. The van der Waals surface area contributed by atoms with Crippen LogP contribution in [0.1, 0.15) is 71.1 Å². The lowest BCUT2D eigenvalue weighted by atomic mass is 10.1. The molecule has 0 rings (SSSR count). The minimum atomic E-state index is 0.804. The third kappa shape index (κ3) is 11.4. The predicted molar refractivity (Wildman–Crippen MR) is 69.4 cm³/mol. The van der Waals surface area contributed by atoms with Gasteiger partial charge in [0.1, 0.15) is 0 Å². The molecule has 0 saturated heterocycles. The van der Waals surface area contributed by atoms with Crippen LogP contribution in [0.3, 0.4) is 0 Å². The number of hydrogen-bond donors (Lipinski definition) is 1. The number of nitrogens with two attached hydrogens (primary N) is 1. The fraction of sp³-hybridized carbons (Fsp3) is 0.923. The number of hydrogen-bond acceptors (Lipinski definition) is 1. The molecule has 15 heavy (non-hydrogen) atoms. The lowest BCUT2D eigenvalue weighted by Gasteiger charge is -2.01. The fourth-order valence-electron chi connectivity index (χ4n) is 1.73. The number of amidine groups is 1. The van der Waals surface area contributed by atoms with E-state index in [-0.39, 0.29) is 0 Å². The number of aliphatic imine (C=N–C) groups is 1. The maximum Gasteiger partial charge on any atom is 0.0933 e. The molecule has 0 amide bonds. The molecule has 0 saturated carbocycles. The van der Waals surface area contributed by atoms with Gasteiger partial charge in [0, 0.05) is 13.5 Å². The Morgan fingerprint density at radius 2 is 1.33 bits per heavy atom. The highest BCUT2D eigenvalue weighted by Crippen LogP contribution is 2.10. The van der Waals surface area contributed by atoms with Crippen molar-refractivity contribution in [1.82, 2.24) is 0 Å². The van der Waals surface area contributed by atoms with Gasteiger partial charge >= 0.3 is 0 Å². The van der Waals surface area contributed by atoms with Crippen LogP contribution in [0.15, 0.2) is 4.99 Å². The highest BCUT2D eigenvalue weighted by Gasteiger charge is 1.93. The average Bonchev–Trinajstić information content (AvgIpc) is 2.26. The van der Waals surface area contributed by atoms with E-state index < -0.39 is 0 Å². The molecule has 0 bridgehead atoms. The van der Waals surface area contributed by atoms with E-state index in [4.69, 9.17) is 5.73 Å². The van der Waals surface area contributed by atoms with Gasteiger partial charge in [-0.15, -0.1) is 0 Å². The minimum absolute atomic E-state index is 0.804. The second-order valence-electron chi connectivity index (χ2n) is 4.29. The molecule has 0 unspecified atom stereocenters. The Balaban J connectivity index is 2.99. The first-order valence-electron chi connectivity index (χ1n) is 6.52. The summed E-state index contributed by atoms with van der Waals surface area (Å²) < 4.78 is 0. The van der Waals surface area contributed by atoms with Crippen LogP contribution in [0, 0.1) is 0 Å². The molecular weight excluding hydrogens is 184 g/mol. The standard InChI is InChI=1S/C13H28N2/c1-3-4-5-6-7-8-9-10-11-12-13(14)15-2/h3-12H2,1-2H3,(H2,14,15). The zero-order valence-electron chi connectivity index (χ0n) is 10.6. The molecule has 0 aliphatic carbocycles. The summed E-state index contributed by atoms with van der Waals surface area (Å²) in [5.41, 5.74) is 5.62. The quantitative estimate of drug-likeness (QED) is 0.333. The first-order chi connectivity index (χ1) is 7.31. The Hall–Kier alpha value is -0.530. The van der Waals surface area contributed by atoms with E-state index in [1.165, 1.54) is 57.8 Å². The van der Waals surface area contributed by atoms with Crippen molar-refractivity contribution in [2.45, 2.75) is 71.1 Å². The van der Waals surface area contributed by atoms with Crippen LogP contribution >= 0.6 is 0 Å². The Bertz CT molecular complexity index is 153. The van der Waals surface area contributed by atoms with Crippen molar-refractivity contribution in [3.8, 4) is 0 Å². The molecule has 0 atom stereocenters. The van der Waals surface area contributed by atoms with E-state index in [1.54, 1.807) is 7.05 Å². The molecule has 0 spiro atoms. The molecule has 0 aromatic heterocycles. The van der Waals surface area contributed by atoms with Gasteiger partial charge in [0.05, 0.1) is 5.84 Å². The fourth-order valence-corrected chi connectivity index (χ4v) is 1.73. The highest BCUT2D eigenvalue weighted by atomic mass is 14.8. The van der Waals surface area contributed by atoms with E-state index in [9.17, 15) is 0 Å². The van der Waals surface area contributed by atoms with Crippen LogP contribution in [0.25, 0.3) is 0 Å². The van der Waals surface area contributed by atoms with E-state index >= 15 is 0 Å². The van der Waals surface area contributed by atoms with Crippen molar-refractivity contribution in [2.75, 3.05) is 7.05 Å². The van der Waals surface area contributed by atoms with E-state index in [2.05, 4.69) is 11.9 Å². The summed E-state index contributed by atoms with van der Waals surface area (Å²) in [6.07, 6.45) is 13.3. The summed E-state index contributed by atoms with van der Waals surface area (Å²) in [6, 6.07) is 0. The number of unbranched alkanes of at least 4 members (excludes halogenated alkanes) is 8. The summed E-state index contributed by atoms with van der Waals surface area (Å²) in [4.78, 5) is 3.95. The number of rotatable bonds is 10. The van der Waals surface area contributed by atoms with Crippen LogP contribution in [-0.2, 0) is 0 Å². The molecule has 90 valence electrons. The van der Waals surface area contributed by atoms with Crippen LogP contribution in [0.4, 0.5) is 0 Å². The van der Waals surface area contributed by atoms with Gasteiger partial charge in [-0.3, -0.25) is 4.99 Å². The van der Waals surface area contributed by atoms with Gasteiger partial charge in [-0.1, -0.05) is 58.3 Å². The van der Waals surface area contributed by atoms with Gasteiger partial charge in [-0.25, -0.2) is 0 Å². The normalized spacial score (nSPS) is 12.0. The highest BCUT2D eigenvalue weighted by molar-refractivity contribution is 5.79. The SMILES string of the molecule is CCCCCCCCCCCC(N)=NC. The van der Waals surface area contributed by atoms with Gasteiger partial charge in [0.25, 0.3) is 0 Å². The molecule has 0 aliphatic rings. The Kier molecular flexibility index (Phi) is 11.1. The van der Waals surface area contributed by atoms with Crippen molar-refractivity contribution in [3.05, 3.63) is 0 Å². The van der Waals surface area contributed by atoms with Crippen molar-refractivity contribution >= 4 is 5.84 Å². The summed E-state index contributed by atoms with van der Waals surface area (Å²) in [7, 11) is 1.77. The molecule has 0 fully saturated rings. The maximum absolute atomic E-state index is 5.62. The molecule has 0 heterocycles.